The van der Waals surface area contributed by atoms with Gasteiger partial charge >= 0.3 is 6.09 Å². The number of nitrogens with zero attached hydrogens (tertiary/aromatic N) is 2. The van der Waals surface area contributed by atoms with E-state index >= 15 is 0 Å². The summed E-state index contributed by atoms with van der Waals surface area (Å²) in [6, 6.07) is 1.52. The third kappa shape index (κ3) is 4.70. The van der Waals surface area contributed by atoms with Crippen LogP contribution in [0.2, 0.25) is 0 Å². The van der Waals surface area contributed by atoms with Crippen molar-refractivity contribution in [3.63, 3.8) is 0 Å². The molecule has 0 aliphatic heterocycles. The van der Waals surface area contributed by atoms with Crippen LogP contribution in [0.5, 0.6) is 5.75 Å². The van der Waals surface area contributed by atoms with Crippen LogP contribution >= 0.6 is 0 Å². The lowest BCUT2D eigenvalue weighted by molar-refractivity contribution is 0.0282. The van der Waals surface area contributed by atoms with Gasteiger partial charge in [-0.3, -0.25) is 4.79 Å². The molecule has 1 rings (SSSR count). The average Bonchev–Trinajstić information content (AvgIpc) is 2.44. The number of aliphatic hydroxyl groups excluding tert-OH is 1. The standard InChI is InChI=1S/C15H22N2O5/c1-6-21-11-7-10(9-18)8-16-12(11)13(19)17(5)14(20)22-15(2,3)4/h7-8,18H,6,9H2,1-5H3. The number of ether oxygens (including phenoxy) is 2. The van der Waals surface area contributed by atoms with Crippen molar-refractivity contribution < 1.29 is 24.2 Å². The van der Waals surface area contributed by atoms with Crippen molar-refractivity contribution in [3.8, 4) is 5.75 Å². The number of aromatic nitrogens is 1. The van der Waals surface area contributed by atoms with Gasteiger partial charge in [0, 0.05) is 13.2 Å². The Morgan fingerprint density at radius 1 is 1.36 bits per heavy atom. The summed E-state index contributed by atoms with van der Waals surface area (Å²) in [6.07, 6.45) is 0.589. The summed E-state index contributed by atoms with van der Waals surface area (Å²) >= 11 is 0. The van der Waals surface area contributed by atoms with Crippen LogP contribution in [0.1, 0.15) is 43.7 Å². The Morgan fingerprint density at radius 3 is 2.50 bits per heavy atom. The summed E-state index contributed by atoms with van der Waals surface area (Å²) in [7, 11) is 1.31. The van der Waals surface area contributed by atoms with E-state index in [2.05, 4.69) is 4.98 Å². The van der Waals surface area contributed by atoms with Crippen LogP contribution in [0.3, 0.4) is 0 Å². The zero-order valence-electron chi connectivity index (χ0n) is 13.5. The smallest absolute Gasteiger partial charge is 0.417 e. The molecule has 0 spiro atoms. The van der Waals surface area contributed by atoms with Crippen LogP contribution in [0.4, 0.5) is 4.79 Å². The van der Waals surface area contributed by atoms with Crippen molar-refractivity contribution in [1.29, 1.82) is 0 Å². The van der Waals surface area contributed by atoms with Crippen molar-refractivity contribution in [2.24, 2.45) is 0 Å². The predicted octanol–water partition coefficient (Wildman–Crippen LogP) is 1.98. The van der Waals surface area contributed by atoms with Crippen molar-refractivity contribution in [1.82, 2.24) is 9.88 Å². The molecule has 0 saturated carbocycles. The number of carbonyl (C=O) groups is 2. The maximum atomic E-state index is 12.4. The Morgan fingerprint density at radius 2 is 2.00 bits per heavy atom. The Labute approximate surface area is 129 Å². The molecule has 0 bridgehead atoms. The van der Waals surface area contributed by atoms with Crippen LogP contribution in [-0.4, -0.2) is 46.2 Å². The molecule has 122 valence electrons. The maximum absolute atomic E-state index is 12.4. The van der Waals surface area contributed by atoms with Crippen LogP contribution in [0, 0.1) is 0 Å². The first-order chi connectivity index (χ1) is 10.2. The number of hydrogen-bond acceptors (Lipinski definition) is 6. The van der Waals surface area contributed by atoms with Gasteiger partial charge in [-0.05, 0) is 39.3 Å². The van der Waals surface area contributed by atoms with Crippen LogP contribution in [-0.2, 0) is 11.3 Å². The molecule has 1 heterocycles. The Balaban J connectivity index is 3.03. The van der Waals surface area contributed by atoms with Crippen molar-refractivity contribution >= 4 is 12.0 Å². The fourth-order valence-corrected chi connectivity index (χ4v) is 1.57. The molecule has 0 aromatic carbocycles. The molecule has 0 fully saturated rings. The minimum atomic E-state index is -0.770. The fourth-order valence-electron chi connectivity index (χ4n) is 1.57. The topological polar surface area (TPSA) is 89.0 Å². The van der Waals surface area contributed by atoms with Gasteiger partial charge in [-0.15, -0.1) is 0 Å². The number of pyridine rings is 1. The van der Waals surface area contributed by atoms with E-state index in [-0.39, 0.29) is 18.1 Å². The van der Waals surface area contributed by atoms with Crippen LogP contribution in [0.25, 0.3) is 0 Å². The lowest BCUT2D eigenvalue weighted by Gasteiger charge is -2.23. The molecule has 1 N–H and O–H groups in total. The van der Waals surface area contributed by atoms with Gasteiger partial charge in [0.15, 0.2) is 11.4 Å². The Kier molecular flexibility index (Phi) is 5.87. The lowest BCUT2D eigenvalue weighted by Crippen LogP contribution is -2.38. The lowest BCUT2D eigenvalue weighted by atomic mass is 10.2. The average molecular weight is 310 g/mol. The predicted molar refractivity (Wildman–Crippen MR) is 79.7 cm³/mol. The van der Waals surface area contributed by atoms with E-state index in [1.54, 1.807) is 27.7 Å². The van der Waals surface area contributed by atoms with E-state index in [0.717, 1.165) is 4.90 Å². The minimum Gasteiger partial charge on any atom is -0.491 e. The van der Waals surface area contributed by atoms with Gasteiger partial charge in [-0.25, -0.2) is 14.7 Å². The molecule has 0 radical (unpaired) electrons. The summed E-state index contributed by atoms with van der Waals surface area (Å²) in [5.41, 5.74) is -0.199. The molecule has 7 nitrogen and oxygen atoms in total. The molecule has 0 atom stereocenters. The third-order valence-electron chi connectivity index (χ3n) is 2.57. The van der Waals surface area contributed by atoms with E-state index in [1.165, 1.54) is 19.3 Å². The SMILES string of the molecule is CCOc1cc(CO)cnc1C(=O)N(C)C(=O)OC(C)(C)C. The Hall–Kier alpha value is -2.15. The van der Waals surface area contributed by atoms with E-state index in [0.29, 0.717) is 12.2 Å². The molecule has 0 aliphatic carbocycles. The van der Waals surface area contributed by atoms with Crippen LogP contribution < -0.4 is 4.74 Å². The van der Waals surface area contributed by atoms with Crippen molar-refractivity contribution in [3.05, 3.63) is 23.5 Å². The van der Waals surface area contributed by atoms with Crippen molar-refractivity contribution in [2.75, 3.05) is 13.7 Å². The number of carbonyl (C=O) groups excluding carboxylic acids is 2. The molecule has 7 heteroatoms. The second-order valence-electron chi connectivity index (χ2n) is 5.63. The van der Waals surface area contributed by atoms with Gasteiger partial charge in [-0.1, -0.05) is 0 Å². The highest BCUT2D eigenvalue weighted by Gasteiger charge is 2.27. The summed E-state index contributed by atoms with van der Waals surface area (Å²) in [6.45, 7) is 7.00. The number of imide groups is 1. The number of hydrogen-bond donors (Lipinski definition) is 1. The highest BCUT2D eigenvalue weighted by molar-refractivity contribution is 6.03. The van der Waals surface area contributed by atoms with Crippen LogP contribution in [0.15, 0.2) is 12.3 Å². The number of rotatable bonds is 4. The van der Waals surface area contributed by atoms with Gasteiger partial charge in [0.05, 0.1) is 13.2 Å². The molecule has 1 aromatic rings. The monoisotopic (exact) mass is 310 g/mol. The molecular formula is C15H22N2O5. The second-order valence-corrected chi connectivity index (χ2v) is 5.63. The van der Waals surface area contributed by atoms with Gasteiger partial charge in [0.2, 0.25) is 0 Å². The molecule has 0 saturated heterocycles. The van der Waals surface area contributed by atoms with Gasteiger partial charge in [-0.2, -0.15) is 0 Å². The molecule has 1 aromatic heterocycles. The second kappa shape index (κ2) is 7.22. The molecule has 0 unspecified atom stereocenters. The van der Waals surface area contributed by atoms with Gasteiger partial charge in [0.25, 0.3) is 5.91 Å². The van der Waals surface area contributed by atoms with Gasteiger partial charge < -0.3 is 14.6 Å². The first kappa shape index (κ1) is 17.9. The van der Waals surface area contributed by atoms with E-state index < -0.39 is 17.6 Å². The third-order valence-corrected chi connectivity index (χ3v) is 2.57. The molecule has 22 heavy (non-hydrogen) atoms. The highest BCUT2D eigenvalue weighted by Crippen LogP contribution is 2.20. The Bertz CT molecular complexity index is 551. The zero-order valence-corrected chi connectivity index (χ0v) is 13.5. The molecular weight excluding hydrogens is 288 g/mol. The summed E-state index contributed by atoms with van der Waals surface area (Å²) in [5.74, 6) is -0.420. The summed E-state index contributed by atoms with van der Waals surface area (Å²) in [4.78, 5) is 29.2. The fraction of sp³-hybridized carbons (Fsp3) is 0.533. The van der Waals surface area contributed by atoms with E-state index in [1.807, 2.05) is 0 Å². The first-order valence-corrected chi connectivity index (χ1v) is 6.93. The minimum absolute atomic E-state index is 0.00703. The van der Waals surface area contributed by atoms with Crippen molar-refractivity contribution in [2.45, 2.75) is 39.9 Å². The molecule has 2 amide bonds. The largest absolute Gasteiger partial charge is 0.491 e. The number of aliphatic hydroxyl groups is 1. The zero-order chi connectivity index (χ0) is 16.9. The quantitative estimate of drug-likeness (QED) is 0.914. The summed E-state index contributed by atoms with van der Waals surface area (Å²) < 4.78 is 10.5. The normalized spacial score (nSPS) is 11.0. The highest BCUT2D eigenvalue weighted by atomic mass is 16.6. The van der Waals surface area contributed by atoms with E-state index in [4.69, 9.17) is 14.6 Å². The maximum Gasteiger partial charge on any atom is 0.417 e. The number of amides is 2. The first-order valence-electron chi connectivity index (χ1n) is 6.93. The van der Waals surface area contributed by atoms with E-state index in [9.17, 15) is 9.59 Å². The summed E-state index contributed by atoms with van der Waals surface area (Å²) in [5, 5.41) is 9.12. The van der Waals surface area contributed by atoms with Gasteiger partial charge in [0.1, 0.15) is 5.60 Å². The molecule has 0 aliphatic rings.